The van der Waals surface area contributed by atoms with Gasteiger partial charge in [-0.3, -0.25) is 0 Å². The standard InChI is InChI=1S/C12H27BO2Si/c1-11(2)14-13(15-12(3)4)9-8-10-16(5,6)7/h8-9,11-12H,10H2,1-7H3/b9-8+. The third-order valence-electron chi connectivity index (χ3n) is 1.84. The first kappa shape index (κ1) is 15.9. The Morgan fingerprint density at radius 3 is 1.75 bits per heavy atom. The van der Waals surface area contributed by atoms with Gasteiger partial charge in [0.25, 0.3) is 0 Å². The molecule has 0 aliphatic heterocycles. The predicted octanol–water partition coefficient (Wildman–Crippen LogP) is 3.76. The normalized spacial score (nSPS) is 13.1. The van der Waals surface area contributed by atoms with E-state index >= 15 is 0 Å². The summed E-state index contributed by atoms with van der Waals surface area (Å²) in [7, 11) is -1.20. The van der Waals surface area contributed by atoms with Gasteiger partial charge in [-0.2, -0.15) is 0 Å². The molecule has 0 aliphatic carbocycles. The van der Waals surface area contributed by atoms with Gasteiger partial charge in [0.2, 0.25) is 0 Å². The molecule has 0 rings (SSSR count). The smallest absolute Gasteiger partial charge is 0.405 e. The second-order valence-electron chi connectivity index (χ2n) is 5.93. The summed E-state index contributed by atoms with van der Waals surface area (Å²) in [6.07, 6.45) is 2.60. The van der Waals surface area contributed by atoms with Crippen LogP contribution in [0.15, 0.2) is 12.1 Å². The lowest BCUT2D eigenvalue weighted by Crippen LogP contribution is -2.28. The van der Waals surface area contributed by atoms with E-state index in [1.165, 1.54) is 6.04 Å². The molecule has 16 heavy (non-hydrogen) atoms. The molecule has 0 aliphatic rings. The molecule has 0 N–H and O–H groups in total. The number of rotatable bonds is 7. The van der Waals surface area contributed by atoms with Gasteiger partial charge in [0.15, 0.2) is 0 Å². The lowest BCUT2D eigenvalue weighted by atomic mass is 9.88. The zero-order valence-electron chi connectivity index (χ0n) is 11.9. The van der Waals surface area contributed by atoms with Gasteiger partial charge in [0.1, 0.15) is 0 Å². The van der Waals surface area contributed by atoms with Crippen LogP contribution in [-0.4, -0.2) is 27.4 Å². The minimum Gasteiger partial charge on any atom is -0.405 e. The van der Waals surface area contributed by atoms with E-state index < -0.39 is 8.07 Å². The Kier molecular flexibility index (Phi) is 7.28. The first-order valence-electron chi connectivity index (χ1n) is 6.18. The highest BCUT2D eigenvalue weighted by atomic mass is 28.3. The van der Waals surface area contributed by atoms with Gasteiger partial charge in [-0.1, -0.05) is 31.7 Å². The van der Waals surface area contributed by atoms with E-state index in [9.17, 15) is 0 Å². The van der Waals surface area contributed by atoms with Gasteiger partial charge in [0, 0.05) is 20.3 Å². The van der Waals surface area contributed by atoms with Crippen molar-refractivity contribution in [2.24, 2.45) is 0 Å². The molecule has 0 heterocycles. The van der Waals surface area contributed by atoms with Crippen LogP contribution in [0, 0.1) is 0 Å². The maximum atomic E-state index is 5.68. The van der Waals surface area contributed by atoms with Crippen molar-refractivity contribution in [2.45, 2.75) is 65.6 Å². The van der Waals surface area contributed by atoms with E-state index in [0.29, 0.717) is 0 Å². The van der Waals surface area contributed by atoms with Crippen LogP contribution in [0.1, 0.15) is 27.7 Å². The summed E-state index contributed by atoms with van der Waals surface area (Å²) in [5, 5.41) is 0. The Hall–Kier alpha value is -0.0582. The third-order valence-corrected chi connectivity index (χ3v) is 3.30. The van der Waals surface area contributed by atoms with Crippen LogP contribution in [0.25, 0.3) is 0 Å². The maximum absolute atomic E-state index is 5.68. The molecule has 0 aromatic rings. The molecule has 2 nitrogen and oxygen atoms in total. The van der Waals surface area contributed by atoms with Crippen LogP contribution in [0.3, 0.4) is 0 Å². The number of allylic oxidation sites excluding steroid dienone is 1. The average molecular weight is 242 g/mol. The monoisotopic (exact) mass is 242 g/mol. The Morgan fingerprint density at radius 1 is 1.00 bits per heavy atom. The van der Waals surface area contributed by atoms with Gasteiger partial charge in [0.05, 0.1) is 0 Å². The summed E-state index contributed by atoms with van der Waals surface area (Å²) in [6, 6.07) is 1.17. The molecule has 0 saturated heterocycles. The van der Waals surface area contributed by atoms with Gasteiger partial charge in [-0.05, 0) is 33.7 Å². The highest BCUT2D eigenvalue weighted by Gasteiger charge is 2.18. The van der Waals surface area contributed by atoms with Crippen LogP contribution in [-0.2, 0) is 9.31 Å². The highest BCUT2D eigenvalue weighted by molar-refractivity contribution is 6.76. The molecule has 0 spiro atoms. The molecule has 0 radical (unpaired) electrons. The van der Waals surface area contributed by atoms with Gasteiger partial charge < -0.3 is 9.31 Å². The first-order valence-corrected chi connectivity index (χ1v) is 9.89. The fraction of sp³-hybridized carbons (Fsp3) is 0.833. The maximum Gasteiger partial charge on any atom is 0.486 e. The third kappa shape index (κ3) is 10.5. The SMILES string of the molecule is CC(C)OB(/C=C/C[Si](C)(C)C)OC(C)C. The molecular formula is C12H27BO2Si. The quantitative estimate of drug-likeness (QED) is 0.633. The molecule has 0 atom stereocenters. The Morgan fingerprint density at radius 2 is 1.44 bits per heavy atom. The Bertz CT molecular complexity index is 200. The zero-order chi connectivity index (χ0) is 12.8. The fourth-order valence-electron chi connectivity index (χ4n) is 1.19. The van der Waals surface area contributed by atoms with E-state index in [1.54, 1.807) is 0 Å². The summed E-state index contributed by atoms with van der Waals surface area (Å²) in [5.41, 5.74) is 0. The predicted molar refractivity (Wildman–Crippen MR) is 75.5 cm³/mol. The molecule has 94 valence electrons. The summed E-state index contributed by atoms with van der Waals surface area (Å²) in [5.74, 6) is 2.05. The van der Waals surface area contributed by atoms with Crippen molar-refractivity contribution in [3.05, 3.63) is 12.1 Å². The number of hydrogen-bond donors (Lipinski definition) is 0. The van der Waals surface area contributed by atoms with Crippen molar-refractivity contribution in [3.63, 3.8) is 0 Å². The summed E-state index contributed by atoms with van der Waals surface area (Å²) in [6.45, 7) is 15.2. The van der Waals surface area contributed by atoms with Gasteiger partial charge in [-0.15, -0.1) is 0 Å². The molecule has 0 amide bonds. The van der Waals surface area contributed by atoms with Crippen molar-refractivity contribution in [2.75, 3.05) is 0 Å². The van der Waals surface area contributed by atoms with E-state index in [2.05, 4.69) is 31.7 Å². The fourth-order valence-corrected chi connectivity index (χ4v) is 2.04. The van der Waals surface area contributed by atoms with Gasteiger partial charge >= 0.3 is 7.12 Å². The van der Waals surface area contributed by atoms with E-state index in [1.807, 2.05) is 27.7 Å². The molecule has 4 heteroatoms. The molecule has 0 fully saturated rings. The second kappa shape index (κ2) is 7.30. The summed E-state index contributed by atoms with van der Waals surface area (Å²) < 4.78 is 11.4. The van der Waals surface area contributed by atoms with Crippen LogP contribution < -0.4 is 0 Å². The topological polar surface area (TPSA) is 18.5 Å². The van der Waals surface area contributed by atoms with Crippen LogP contribution >= 0.6 is 0 Å². The molecule has 0 aromatic heterocycles. The lowest BCUT2D eigenvalue weighted by molar-refractivity contribution is 0.138. The van der Waals surface area contributed by atoms with E-state index in [0.717, 1.165) is 0 Å². The zero-order valence-corrected chi connectivity index (χ0v) is 12.9. The molecule has 0 aromatic carbocycles. The number of hydrogen-bond acceptors (Lipinski definition) is 2. The van der Waals surface area contributed by atoms with Crippen molar-refractivity contribution in [1.82, 2.24) is 0 Å². The van der Waals surface area contributed by atoms with E-state index in [-0.39, 0.29) is 19.3 Å². The van der Waals surface area contributed by atoms with Crippen LogP contribution in [0.2, 0.25) is 25.7 Å². The lowest BCUT2D eigenvalue weighted by Gasteiger charge is -2.17. The van der Waals surface area contributed by atoms with Crippen LogP contribution in [0.5, 0.6) is 0 Å². The summed E-state index contributed by atoms with van der Waals surface area (Å²) >= 11 is 0. The highest BCUT2D eigenvalue weighted by Crippen LogP contribution is 2.10. The van der Waals surface area contributed by atoms with Crippen molar-refractivity contribution in [1.29, 1.82) is 0 Å². The molecular weight excluding hydrogens is 215 g/mol. The first-order chi connectivity index (χ1) is 7.20. The van der Waals surface area contributed by atoms with Crippen molar-refractivity contribution in [3.8, 4) is 0 Å². The average Bonchev–Trinajstić information content (AvgIpc) is 1.98. The molecule has 0 saturated carbocycles. The minimum absolute atomic E-state index is 0.195. The minimum atomic E-state index is -1.00. The largest absolute Gasteiger partial charge is 0.486 e. The van der Waals surface area contributed by atoms with Crippen molar-refractivity contribution >= 4 is 15.2 Å². The van der Waals surface area contributed by atoms with Gasteiger partial charge in [-0.25, -0.2) is 0 Å². The van der Waals surface area contributed by atoms with E-state index in [4.69, 9.17) is 9.31 Å². The van der Waals surface area contributed by atoms with Crippen molar-refractivity contribution < 1.29 is 9.31 Å². The van der Waals surface area contributed by atoms with Crippen LogP contribution in [0.4, 0.5) is 0 Å². The Balaban J connectivity index is 4.19. The molecule has 0 unspecified atom stereocenters. The Labute approximate surface area is 103 Å². The summed E-state index contributed by atoms with van der Waals surface area (Å²) in [4.78, 5) is 0. The molecule has 0 bridgehead atoms. The second-order valence-corrected chi connectivity index (χ2v) is 11.5.